The van der Waals surface area contributed by atoms with Crippen LogP contribution in [0.15, 0.2) is 0 Å². The van der Waals surface area contributed by atoms with Crippen LogP contribution in [0.25, 0.3) is 0 Å². The van der Waals surface area contributed by atoms with Crippen LogP contribution in [-0.2, 0) is 4.79 Å². The summed E-state index contributed by atoms with van der Waals surface area (Å²) in [6, 6.07) is 0. The van der Waals surface area contributed by atoms with Crippen LogP contribution in [0.2, 0.25) is 0 Å². The number of amides is 1. The van der Waals surface area contributed by atoms with Crippen LogP contribution in [0.5, 0.6) is 0 Å². The lowest BCUT2D eigenvalue weighted by molar-refractivity contribution is -0.122. The minimum absolute atomic E-state index is 0.0688. The van der Waals surface area contributed by atoms with E-state index in [4.69, 9.17) is 10.8 Å². The first-order valence-corrected chi connectivity index (χ1v) is 5.21. The summed E-state index contributed by atoms with van der Waals surface area (Å²) in [6.07, 6.45) is 1.14. The molecule has 2 unspecified atom stereocenters. The Labute approximate surface area is 90.7 Å². The van der Waals surface area contributed by atoms with Gasteiger partial charge in [-0.3, -0.25) is 4.79 Å². The lowest BCUT2D eigenvalue weighted by Crippen LogP contribution is -2.43. The number of aliphatic hydroxyl groups is 2. The van der Waals surface area contributed by atoms with Gasteiger partial charge in [-0.05, 0) is 25.8 Å². The van der Waals surface area contributed by atoms with Crippen LogP contribution in [0, 0.1) is 5.92 Å². The van der Waals surface area contributed by atoms with Crippen LogP contribution >= 0.6 is 0 Å². The second-order valence-corrected chi connectivity index (χ2v) is 4.31. The first-order valence-electron chi connectivity index (χ1n) is 5.21. The Morgan fingerprint density at radius 2 is 2.20 bits per heavy atom. The fourth-order valence-corrected chi connectivity index (χ4v) is 0.929. The third kappa shape index (κ3) is 7.30. The number of rotatable bonds is 7. The molecule has 0 aromatic rings. The molecule has 0 fully saturated rings. The monoisotopic (exact) mass is 218 g/mol. The lowest BCUT2D eigenvalue weighted by Gasteiger charge is -2.20. The van der Waals surface area contributed by atoms with E-state index in [2.05, 4.69) is 5.32 Å². The van der Waals surface area contributed by atoms with Crippen LogP contribution in [0.1, 0.15) is 26.7 Å². The van der Waals surface area contributed by atoms with Crippen molar-refractivity contribution in [3.63, 3.8) is 0 Å². The summed E-state index contributed by atoms with van der Waals surface area (Å²) in [6.45, 7) is 3.72. The molecular weight excluding hydrogens is 196 g/mol. The molecular formula is C10H22N2O3. The van der Waals surface area contributed by atoms with Gasteiger partial charge >= 0.3 is 0 Å². The van der Waals surface area contributed by atoms with Crippen LogP contribution in [0.4, 0.5) is 0 Å². The largest absolute Gasteiger partial charge is 0.393 e. The van der Waals surface area contributed by atoms with E-state index in [-0.39, 0.29) is 19.1 Å². The van der Waals surface area contributed by atoms with Crippen molar-refractivity contribution in [3.8, 4) is 0 Å². The Morgan fingerprint density at radius 3 is 2.67 bits per heavy atom. The normalized spacial score (nSPS) is 16.9. The van der Waals surface area contributed by atoms with Crippen molar-refractivity contribution in [1.82, 2.24) is 5.32 Å². The second kappa shape index (κ2) is 6.76. The van der Waals surface area contributed by atoms with E-state index < -0.39 is 5.60 Å². The Bertz CT molecular complexity index is 195. The zero-order valence-electron chi connectivity index (χ0n) is 9.49. The molecule has 0 radical (unpaired) electrons. The molecule has 0 aromatic carbocycles. The summed E-state index contributed by atoms with van der Waals surface area (Å²) in [5.74, 6) is 0.207. The predicted octanol–water partition coefficient (Wildman–Crippen LogP) is -0.779. The quantitative estimate of drug-likeness (QED) is 0.451. The summed E-state index contributed by atoms with van der Waals surface area (Å²) in [5, 5.41) is 20.7. The van der Waals surface area contributed by atoms with E-state index in [1.165, 1.54) is 6.92 Å². The van der Waals surface area contributed by atoms with Crippen molar-refractivity contribution in [1.29, 1.82) is 0 Å². The molecule has 0 spiro atoms. The van der Waals surface area contributed by atoms with Crippen molar-refractivity contribution in [3.05, 3.63) is 0 Å². The van der Waals surface area contributed by atoms with Gasteiger partial charge in [0.15, 0.2) is 0 Å². The van der Waals surface area contributed by atoms with Gasteiger partial charge in [-0.25, -0.2) is 0 Å². The van der Waals surface area contributed by atoms with Crippen LogP contribution in [0.3, 0.4) is 0 Å². The highest BCUT2D eigenvalue weighted by molar-refractivity contribution is 5.75. The number of carbonyl (C=O) groups is 1. The molecule has 5 heteroatoms. The molecule has 5 N–H and O–H groups in total. The van der Waals surface area contributed by atoms with Gasteiger partial charge in [0.05, 0.1) is 6.61 Å². The third-order valence-corrected chi connectivity index (χ3v) is 2.27. The number of hydrogen-bond acceptors (Lipinski definition) is 4. The van der Waals surface area contributed by atoms with Gasteiger partial charge in [0.25, 0.3) is 0 Å². The Kier molecular flexibility index (Phi) is 6.47. The number of nitrogens with one attached hydrogen (secondary N) is 1. The summed E-state index contributed by atoms with van der Waals surface area (Å²) in [7, 11) is 0. The highest BCUT2D eigenvalue weighted by Gasteiger charge is 2.19. The molecule has 90 valence electrons. The topological polar surface area (TPSA) is 95.6 Å². The average Bonchev–Trinajstić information content (AvgIpc) is 2.23. The first kappa shape index (κ1) is 14.3. The first-order chi connectivity index (χ1) is 6.91. The minimum Gasteiger partial charge on any atom is -0.393 e. The Morgan fingerprint density at radius 1 is 1.60 bits per heavy atom. The van der Waals surface area contributed by atoms with Gasteiger partial charge in [-0.15, -0.1) is 0 Å². The zero-order valence-corrected chi connectivity index (χ0v) is 9.49. The van der Waals surface area contributed by atoms with Crippen molar-refractivity contribution in [2.45, 2.75) is 32.3 Å². The van der Waals surface area contributed by atoms with Gasteiger partial charge in [0.2, 0.25) is 5.91 Å². The maximum atomic E-state index is 11.3. The molecule has 0 rings (SSSR count). The van der Waals surface area contributed by atoms with Crippen molar-refractivity contribution < 1.29 is 15.0 Å². The Balaban J connectivity index is 3.67. The summed E-state index contributed by atoms with van der Waals surface area (Å²) in [5.41, 5.74) is 4.18. The maximum absolute atomic E-state index is 11.3. The molecule has 1 amide bonds. The number of nitrogens with two attached hydrogens (primary N) is 1. The van der Waals surface area contributed by atoms with Crippen molar-refractivity contribution in [2.24, 2.45) is 11.7 Å². The Hall–Kier alpha value is -0.650. The van der Waals surface area contributed by atoms with Gasteiger partial charge in [0.1, 0.15) is 5.60 Å². The van der Waals surface area contributed by atoms with Gasteiger partial charge < -0.3 is 21.3 Å². The molecule has 0 aliphatic heterocycles. The summed E-state index contributed by atoms with van der Waals surface area (Å²) in [4.78, 5) is 11.3. The molecule has 2 atom stereocenters. The molecule has 0 saturated heterocycles. The number of carbonyl (C=O) groups excluding carboxylic acids is 1. The summed E-state index contributed by atoms with van der Waals surface area (Å²) >= 11 is 0. The van der Waals surface area contributed by atoms with E-state index in [0.29, 0.717) is 18.9 Å². The highest BCUT2D eigenvalue weighted by Crippen LogP contribution is 2.03. The maximum Gasteiger partial charge on any atom is 0.220 e. The van der Waals surface area contributed by atoms with E-state index in [9.17, 15) is 9.90 Å². The zero-order chi connectivity index (χ0) is 11.9. The minimum atomic E-state index is -1.24. The van der Waals surface area contributed by atoms with Crippen molar-refractivity contribution >= 4 is 5.91 Å². The van der Waals surface area contributed by atoms with Gasteiger partial charge in [0, 0.05) is 13.0 Å². The number of hydrogen-bond donors (Lipinski definition) is 4. The van der Waals surface area contributed by atoms with E-state index in [1.807, 2.05) is 6.92 Å². The lowest BCUT2D eigenvalue weighted by atomic mass is 10.1. The third-order valence-electron chi connectivity index (χ3n) is 2.27. The molecule has 0 bridgehead atoms. The molecule has 5 nitrogen and oxygen atoms in total. The fraction of sp³-hybridized carbons (Fsp3) is 0.900. The van der Waals surface area contributed by atoms with E-state index in [1.54, 1.807) is 0 Å². The summed E-state index contributed by atoms with van der Waals surface area (Å²) < 4.78 is 0. The smallest absolute Gasteiger partial charge is 0.220 e. The van der Waals surface area contributed by atoms with Crippen molar-refractivity contribution in [2.75, 3.05) is 19.7 Å². The van der Waals surface area contributed by atoms with Crippen LogP contribution in [-0.4, -0.2) is 41.4 Å². The predicted molar refractivity (Wildman–Crippen MR) is 58.2 cm³/mol. The highest BCUT2D eigenvalue weighted by atomic mass is 16.3. The van der Waals surface area contributed by atoms with Gasteiger partial charge in [-0.2, -0.15) is 0 Å². The molecule has 0 aliphatic carbocycles. The van der Waals surface area contributed by atoms with E-state index in [0.717, 1.165) is 6.42 Å². The average molecular weight is 218 g/mol. The van der Waals surface area contributed by atoms with E-state index >= 15 is 0 Å². The second-order valence-electron chi connectivity index (χ2n) is 4.31. The molecule has 0 aliphatic rings. The molecule has 0 saturated carbocycles. The SMILES string of the molecule is CC(CN)CCC(=O)NCC(C)(O)CO. The standard InChI is InChI=1S/C10H22N2O3/c1-8(5-11)3-4-9(14)12-6-10(2,15)7-13/h8,13,15H,3-7,11H2,1-2H3,(H,12,14). The molecule has 0 aromatic heterocycles. The molecule has 0 heterocycles. The molecule has 15 heavy (non-hydrogen) atoms. The van der Waals surface area contributed by atoms with Gasteiger partial charge in [-0.1, -0.05) is 6.92 Å². The number of aliphatic hydroxyl groups excluding tert-OH is 1. The van der Waals surface area contributed by atoms with Crippen LogP contribution < -0.4 is 11.1 Å². The fourth-order valence-electron chi connectivity index (χ4n) is 0.929.